The zero-order chi connectivity index (χ0) is 19.4. The van der Waals surface area contributed by atoms with E-state index in [1.165, 1.54) is 95.5 Å². The number of ether oxygens (including phenoxy) is 1. The Hall–Kier alpha value is -1.02. The molecule has 0 bridgehead atoms. The summed E-state index contributed by atoms with van der Waals surface area (Å²) in [7, 11) is 0. The lowest BCUT2D eigenvalue weighted by molar-refractivity contribution is 0.335. The third-order valence-electron chi connectivity index (χ3n) is 5.30. The molecule has 0 saturated heterocycles. The number of rotatable bonds is 19. The molecule has 156 valence electrons. The normalized spacial score (nSPS) is 11.0. The van der Waals surface area contributed by atoms with Crippen molar-refractivity contribution in [2.75, 3.05) is 13.2 Å². The molecule has 0 spiro atoms. The Morgan fingerprint density at radius 3 is 1.74 bits per heavy atom. The fourth-order valence-corrected chi connectivity index (χ4v) is 3.61. The number of nitrogens with one attached hydrogen (secondary N) is 1. The van der Waals surface area contributed by atoms with Gasteiger partial charge in [0.05, 0.1) is 6.61 Å². The summed E-state index contributed by atoms with van der Waals surface area (Å²) in [5, 5.41) is 3.56. The van der Waals surface area contributed by atoms with Gasteiger partial charge in [-0.3, -0.25) is 0 Å². The molecule has 0 unspecified atom stereocenters. The average Bonchev–Trinajstić information content (AvgIpc) is 2.69. The van der Waals surface area contributed by atoms with Crippen LogP contribution in [-0.4, -0.2) is 13.2 Å². The molecule has 27 heavy (non-hydrogen) atoms. The Morgan fingerprint density at radius 1 is 0.667 bits per heavy atom. The minimum Gasteiger partial charge on any atom is -0.494 e. The van der Waals surface area contributed by atoms with Crippen LogP contribution in [-0.2, 0) is 6.54 Å². The molecule has 2 heteroatoms. The summed E-state index contributed by atoms with van der Waals surface area (Å²) < 4.78 is 5.68. The molecule has 0 saturated carbocycles. The van der Waals surface area contributed by atoms with Gasteiger partial charge in [-0.25, -0.2) is 0 Å². The van der Waals surface area contributed by atoms with Gasteiger partial charge >= 0.3 is 0 Å². The van der Waals surface area contributed by atoms with Gasteiger partial charge in [0, 0.05) is 12.1 Å². The van der Waals surface area contributed by atoms with Gasteiger partial charge in [-0.2, -0.15) is 0 Å². The Balaban J connectivity index is 1.83. The van der Waals surface area contributed by atoms with Crippen molar-refractivity contribution in [2.45, 2.75) is 110 Å². The zero-order valence-electron chi connectivity index (χ0n) is 18.2. The molecular formula is C25H45NO. The molecule has 0 amide bonds. The van der Waals surface area contributed by atoms with E-state index >= 15 is 0 Å². The van der Waals surface area contributed by atoms with Crippen LogP contribution < -0.4 is 10.1 Å². The fraction of sp³-hybridized carbons (Fsp3) is 0.760. The molecule has 0 fully saturated rings. The van der Waals surface area contributed by atoms with Gasteiger partial charge in [0.2, 0.25) is 0 Å². The van der Waals surface area contributed by atoms with E-state index in [0.29, 0.717) is 0 Å². The van der Waals surface area contributed by atoms with Crippen LogP contribution in [0.15, 0.2) is 24.3 Å². The smallest absolute Gasteiger partial charge is 0.123 e. The maximum absolute atomic E-state index is 5.68. The van der Waals surface area contributed by atoms with E-state index in [0.717, 1.165) is 25.4 Å². The predicted octanol–water partition coefficient (Wildman–Crippen LogP) is 7.66. The van der Waals surface area contributed by atoms with E-state index in [4.69, 9.17) is 4.74 Å². The van der Waals surface area contributed by atoms with Gasteiger partial charge in [0.1, 0.15) is 5.75 Å². The molecule has 1 aromatic rings. The Kier molecular flexibility index (Phi) is 16.3. The topological polar surface area (TPSA) is 21.3 Å². The summed E-state index contributed by atoms with van der Waals surface area (Å²) in [6, 6.07) is 8.35. The summed E-state index contributed by atoms with van der Waals surface area (Å²) in [4.78, 5) is 0. The van der Waals surface area contributed by atoms with Crippen molar-refractivity contribution in [1.29, 1.82) is 0 Å². The number of benzene rings is 1. The standard InChI is InChI=1S/C25H45NO/c1-3-5-6-7-8-9-10-11-12-13-14-15-16-19-22-26-23-24-20-17-18-21-25(24)27-4-2/h17-18,20-21,26H,3-16,19,22-23H2,1-2H3. The van der Waals surface area contributed by atoms with Gasteiger partial charge in [-0.15, -0.1) is 0 Å². The maximum atomic E-state index is 5.68. The highest BCUT2D eigenvalue weighted by molar-refractivity contribution is 5.33. The van der Waals surface area contributed by atoms with Crippen LogP contribution in [0.1, 0.15) is 109 Å². The van der Waals surface area contributed by atoms with Crippen molar-refractivity contribution in [3.63, 3.8) is 0 Å². The van der Waals surface area contributed by atoms with Crippen molar-refractivity contribution < 1.29 is 4.74 Å². The van der Waals surface area contributed by atoms with Crippen LogP contribution >= 0.6 is 0 Å². The maximum Gasteiger partial charge on any atom is 0.123 e. The van der Waals surface area contributed by atoms with E-state index in [1.807, 2.05) is 13.0 Å². The highest BCUT2D eigenvalue weighted by Crippen LogP contribution is 2.17. The van der Waals surface area contributed by atoms with Gasteiger partial charge in [0.25, 0.3) is 0 Å². The first kappa shape index (κ1) is 24.0. The Bertz CT molecular complexity index is 432. The van der Waals surface area contributed by atoms with Crippen LogP contribution in [0.4, 0.5) is 0 Å². The first-order chi connectivity index (χ1) is 13.4. The van der Waals surface area contributed by atoms with Crippen molar-refractivity contribution in [3.8, 4) is 5.75 Å². The highest BCUT2D eigenvalue weighted by atomic mass is 16.5. The van der Waals surface area contributed by atoms with E-state index < -0.39 is 0 Å². The molecule has 0 aliphatic rings. The summed E-state index contributed by atoms with van der Waals surface area (Å²) in [6.45, 7) is 7.08. The number of para-hydroxylation sites is 1. The molecule has 0 atom stereocenters. The summed E-state index contributed by atoms with van der Waals surface area (Å²) in [5.41, 5.74) is 1.27. The Labute approximate surface area is 169 Å². The monoisotopic (exact) mass is 375 g/mol. The molecule has 0 aliphatic heterocycles. The molecule has 1 rings (SSSR count). The molecule has 0 radical (unpaired) electrons. The quantitative estimate of drug-likeness (QED) is 0.251. The third kappa shape index (κ3) is 13.7. The predicted molar refractivity (Wildman–Crippen MR) is 120 cm³/mol. The van der Waals surface area contributed by atoms with Crippen LogP contribution in [0.3, 0.4) is 0 Å². The molecule has 0 aromatic heterocycles. The second-order valence-electron chi connectivity index (χ2n) is 7.81. The lowest BCUT2D eigenvalue weighted by atomic mass is 10.0. The van der Waals surface area contributed by atoms with Crippen molar-refractivity contribution in [1.82, 2.24) is 5.32 Å². The second kappa shape index (κ2) is 18.3. The van der Waals surface area contributed by atoms with Gasteiger partial charge < -0.3 is 10.1 Å². The van der Waals surface area contributed by atoms with E-state index in [2.05, 4.69) is 30.4 Å². The van der Waals surface area contributed by atoms with Gasteiger partial charge in [0.15, 0.2) is 0 Å². The zero-order valence-corrected chi connectivity index (χ0v) is 18.2. The van der Waals surface area contributed by atoms with Crippen LogP contribution in [0.25, 0.3) is 0 Å². The van der Waals surface area contributed by atoms with Crippen molar-refractivity contribution in [3.05, 3.63) is 29.8 Å². The minimum atomic E-state index is 0.732. The van der Waals surface area contributed by atoms with Crippen LogP contribution in [0, 0.1) is 0 Å². The minimum absolute atomic E-state index is 0.732. The average molecular weight is 376 g/mol. The lowest BCUT2D eigenvalue weighted by Crippen LogP contribution is -2.15. The van der Waals surface area contributed by atoms with Crippen LogP contribution in [0.5, 0.6) is 5.75 Å². The number of unbranched alkanes of at least 4 members (excludes halogenated alkanes) is 13. The first-order valence-corrected chi connectivity index (χ1v) is 11.8. The van der Waals surface area contributed by atoms with E-state index in [9.17, 15) is 0 Å². The number of hydrogen-bond acceptors (Lipinski definition) is 2. The molecule has 0 aliphatic carbocycles. The lowest BCUT2D eigenvalue weighted by Gasteiger charge is -2.10. The fourth-order valence-electron chi connectivity index (χ4n) is 3.61. The summed E-state index contributed by atoms with van der Waals surface area (Å²) in [6.07, 6.45) is 19.9. The van der Waals surface area contributed by atoms with Gasteiger partial charge in [-0.05, 0) is 26.0 Å². The molecule has 0 heterocycles. The molecular weight excluding hydrogens is 330 g/mol. The van der Waals surface area contributed by atoms with E-state index in [1.54, 1.807) is 0 Å². The number of hydrogen-bond donors (Lipinski definition) is 1. The van der Waals surface area contributed by atoms with Crippen molar-refractivity contribution in [2.24, 2.45) is 0 Å². The second-order valence-corrected chi connectivity index (χ2v) is 7.81. The summed E-state index contributed by atoms with van der Waals surface area (Å²) in [5.74, 6) is 1.02. The van der Waals surface area contributed by atoms with E-state index in [-0.39, 0.29) is 0 Å². The van der Waals surface area contributed by atoms with Gasteiger partial charge in [-0.1, -0.05) is 109 Å². The Morgan fingerprint density at radius 2 is 1.19 bits per heavy atom. The molecule has 1 aromatic carbocycles. The van der Waals surface area contributed by atoms with Crippen molar-refractivity contribution >= 4 is 0 Å². The van der Waals surface area contributed by atoms with Crippen LogP contribution in [0.2, 0.25) is 0 Å². The highest BCUT2D eigenvalue weighted by Gasteiger charge is 2.01. The largest absolute Gasteiger partial charge is 0.494 e. The summed E-state index contributed by atoms with van der Waals surface area (Å²) >= 11 is 0. The first-order valence-electron chi connectivity index (χ1n) is 11.8. The molecule has 2 nitrogen and oxygen atoms in total. The SMILES string of the molecule is CCCCCCCCCCCCCCCCNCc1ccccc1OCC. The molecule has 1 N–H and O–H groups in total. The third-order valence-corrected chi connectivity index (χ3v) is 5.30.